The maximum Gasteiger partial charge on any atom is 0.240 e. The zero-order valence-electron chi connectivity index (χ0n) is 16.3. The molecule has 0 aromatic heterocycles. The molecule has 2 aromatic rings. The van der Waals surface area contributed by atoms with E-state index in [1.165, 1.54) is 7.11 Å². The molecule has 0 atom stereocenters. The first-order valence-corrected chi connectivity index (χ1v) is 10.6. The van der Waals surface area contributed by atoms with Crippen molar-refractivity contribution in [3.8, 4) is 0 Å². The summed E-state index contributed by atoms with van der Waals surface area (Å²) < 4.78 is 31.6. The van der Waals surface area contributed by atoms with Crippen LogP contribution in [-0.2, 0) is 27.8 Å². The number of nitrogens with one attached hydrogen (secondary N) is 3. The van der Waals surface area contributed by atoms with E-state index in [2.05, 4.69) is 20.3 Å². The molecule has 2 rings (SSSR count). The Kier molecular flexibility index (Phi) is 11.5. The predicted molar refractivity (Wildman–Crippen MR) is 127 cm³/mol. The van der Waals surface area contributed by atoms with Crippen molar-refractivity contribution in [2.45, 2.75) is 18.0 Å². The molecule has 0 aliphatic carbocycles. The highest BCUT2D eigenvalue weighted by molar-refractivity contribution is 14.0. The predicted octanol–water partition coefficient (Wildman–Crippen LogP) is 2.75. The van der Waals surface area contributed by atoms with Crippen molar-refractivity contribution in [1.82, 2.24) is 15.4 Å². The molecule has 10 heteroatoms. The Labute approximate surface area is 194 Å². The molecule has 0 fully saturated rings. The molecule has 0 aliphatic heterocycles. The van der Waals surface area contributed by atoms with Gasteiger partial charge in [-0.3, -0.25) is 4.99 Å². The number of halogens is 2. The van der Waals surface area contributed by atoms with Crippen LogP contribution < -0.4 is 15.4 Å². The summed E-state index contributed by atoms with van der Waals surface area (Å²) >= 11 is 6.15. The van der Waals surface area contributed by atoms with E-state index in [9.17, 15) is 8.42 Å². The Morgan fingerprint density at radius 1 is 1.07 bits per heavy atom. The Balaban J connectivity index is 0.00000420. The summed E-state index contributed by atoms with van der Waals surface area (Å²) in [5.74, 6) is 0.623. The second-order valence-electron chi connectivity index (χ2n) is 5.91. The van der Waals surface area contributed by atoms with Gasteiger partial charge >= 0.3 is 0 Å². The molecule has 0 radical (unpaired) electrons. The lowest BCUT2D eigenvalue weighted by Gasteiger charge is -2.13. The molecular formula is C19H26ClIN4O3S. The number of aliphatic imine (C=N–C) groups is 1. The Bertz CT molecular complexity index is 893. The van der Waals surface area contributed by atoms with Crippen LogP contribution >= 0.6 is 35.6 Å². The monoisotopic (exact) mass is 552 g/mol. The lowest BCUT2D eigenvalue weighted by atomic mass is 10.2. The van der Waals surface area contributed by atoms with Gasteiger partial charge in [-0.15, -0.1) is 24.0 Å². The van der Waals surface area contributed by atoms with Gasteiger partial charge in [0.1, 0.15) is 0 Å². The van der Waals surface area contributed by atoms with E-state index in [1.54, 1.807) is 31.3 Å². The number of methoxy groups -OCH3 is 1. The molecule has 0 aliphatic rings. The minimum absolute atomic E-state index is 0. The van der Waals surface area contributed by atoms with Crippen molar-refractivity contribution in [1.29, 1.82) is 0 Å². The summed E-state index contributed by atoms with van der Waals surface area (Å²) in [4.78, 5) is 4.40. The molecule has 160 valence electrons. The summed E-state index contributed by atoms with van der Waals surface area (Å²) in [6, 6.07) is 14.3. The number of hydrogen-bond acceptors (Lipinski definition) is 4. The van der Waals surface area contributed by atoms with E-state index in [4.69, 9.17) is 16.3 Å². The van der Waals surface area contributed by atoms with Crippen molar-refractivity contribution < 1.29 is 13.2 Å². The second-order valence-corrected chi connectivity index (χ2v) is 8.08. The minimum atomic E-state index is -3.53. The average Bonchev–Trinajstić information content (AvgIpc) is 2.70. The molecule has 2 aromatic carbocycles. The van der Waals surface area contributed by atoms with Crippen molar-refractivity contribution in [3.63, 3.8) is 0 Å². The maximum atomic E-state index is 12.2. The number of hydrogen-bond donors (Lipinski definition) is 3. The lowest BCUT2D eigenvalue weighted by molar-refractivity contribution is 0.204. The largest absolute Gasteiger partial charge is 0.383 e. The highest BCUT2D eigenvalue weighted by atomic mass is 127. The van der Waals surface area contributed by atoms with Crippen molar-refractivity contribution in [3.05, 3.63) is 64.7 Å². The third-order valence-electron chi connectivity index (χ3n) is 3.92. The summed E-state index contributed by atoms with van der Waals surface area (Å²) in [6.07, 6.45) is 0. The van der Waals surface area contributed by atoms with E-state index in [-0.39, 0.29) is 35.4 Å². The fourth-order valence-electron chi connectivity index (χ4n) is 2.37. The molecule has 0 bridgehead atoms. The van der Waals surface area contributed by atoms with Crippen LogP contribution in [-0.4, -0.2) is 41.7 Å². The van der Waals surface area contributed by atoms with Crippen LogP contribution in [0.2, 0.25) is 5.02 Å². The van der Waals surface area contributed by atoms with E-state index in [0.717, 1.165) is 11.1 Å². The van der Waals surface area contributed by atoms with Crippen LogP contribution in [0.1, 0.15) is 11.1 Å². The first kappa shape index (κ1) is 25.6. The minimum Gasteiger partial charge on any atom is -0.383 e. The highest BCUT2D eigenvalue weighted by Crippen LogP contribution is 2.14. The summed E-state index contributed by atoms with van der Waals surface area (Å²) in [6.45, 7) is 1.60. The molecule has 0 saturated carbocycles. The smallest absolute Gasteiger partial charge is 0.240 e. The van der Waals surface area contributed by atoms with Gasteiger partial charge < -0.3 is 15.4 Å². The summed E-state index contributed by atoms with van der Waals surface area (Å²) in [7, 11) is -0.323. The molecular weight excluding hydrogens is 527 g/mol. The van der Waals surface area contributed by atoms with Crippen molar-refractivity contribution in [2.75, 3.05) is 27.3 Å². The van der Waals surface area contributed by atoms with Gasteiger partial charge in [0.05, 0.1) is 11.5 Å². The molecule has 0 unspecified atom stereocenters. The average molecular weight is 553 g/mol. The van der Waals surface area contributed by atoms with Crippen molar-refractivity contribution >= 4 is 51.6 Å². The SMILES string of the molecule is CN=C(NCc1ccc(S(=O)(=O)NCCOC)cc1)NCc1ccccc1Cl.I. The molecule has 0 saturated heterocycles. The number of ether oxygens (including phenoxy) is 1. The quantitative estimate of drug-likeness (QED) is 0.193. The fraction of sp³-hybridized carbons (Fsp3) is 0.316. The zero-order chi connectivity index (χ0) is 20.4. The first-order chi connectivity index (χ1) is 13.5. The molecule has 0 heterocycles. The maximum absolute atomic E-state index is 12.2. The Morgan fingerprint density at radius 2 is 1.72 bits per heavy atom. The van der Waals surface area contributed by atoms with Gasteiger partial charge in [0.2, 0.25) is 10.0 Å². The normalized spacial score (nSPS) is 11.6. The Morgan fingerprint density at radius 3 is 2.34 bits per heavy atom. The van der Waals surface area contributed by atoms with E-state index < -0.39 is 10.0 Å². The molecule has 0 spiro atoms. The standard InChI is InChI=1S/C19H25ClN4O3S.HI/c1-21-19(23-14-16-5-3-4-6-18(16)20)22-13-15-7-9-17(10-8-15)28(25,26)24-11-12-27-2;/h3-10,24H,11-14H2,1-2H3,(H2,21,22,23);1H. The third kappa shape index (κ3) is 8.47. The van der Waals surface area contributed by atoms with Gasteiger partial charge in [0.15, 0.2) is 5.96 Å². The highest BCUT2D eigenvalue weighted by Gasteiger charge is 2.12. The van der Waals surface area contributed by atoms with Crippen LogP contribution in [0.5, 0.6) is 0 Å². The fourth-order valence-corrected chi connectivity index (χ4v) is 3.59. The van der Waals surface area contributed by atoms with Gasteiger partial charge in [-0.2, -0.15) is 0 Å². The number of guanidine groups is 1. The van der Waals surface area contributed by atoms with Gasteiger partial charge in [-0.1, -0.05) is 41.9 Å². The van der Waals surface area contributed by atoms with Crippen LogP contribution in [0.3, 0.4) is 0 Å². The molecule has 29 heavy (non-hydrogen) atoms. The van der Waals surface area contributed by atoms with E-state index >= 15 is 0 Å². The number of benzene rings is 2. The molecule has 0 amide bonds. The molecule has 7 nitrogen and oxygen atoms in total. The number of nitrogens with zero attached hydrogens (tertiary/aromatic N) is 1. The zero-order valence-corrected chi connectivity index (χ0v) is 20.2. The summed E-state index contributed by atoms with van der Waals surface area (Å²) in [5, 5.41) is 7.08. The Hall–Kier alpha value is -1.40. The van der Waals surface area contributed by atoms with Crippen LogP contribution in [0.4, 0.5) is 0 Å². The topological polar surface area (TPSA) is 91.8 Å². The number of rotatable bonds is 9. The summed E-state index contributed by atoms with van der Waals surface area (Å²) in [5.41, 5.74) is 1.90. The third-order valence-corrected chi connectivity index (χ3v) is 5.77. The van der Waals surface area contributed by atoms with Crippen LogP contribution in [0, 0.1) is 0 Å². The van der Waals surface area contributed by atoms with Gasteiger partial charge in [-0.25, -0.2) is 13.1 Å². The van der Waals surface area contributed by atoms with Crippen LogP contribution in [0.15, 0.2) is 58.4 Å². The van der Waals surface area contributed by atoms with Gasteiger partial charge in [0, 0.05) is 38.8 Å². The lowest BCUT2D eigenvalue weighted by Crippen LogP contribution is -2.36. The van der Waals surface area contributed by atoms with Gasteiger partial charge in [0.25, 0.3) is 0 Å². The van der Waals surface area contributed by atoms with E-state index in [0.29, 0.717) is 30.7 Å². The number of sulfonamides is 1. The van der Waals surface area contributed by atoms with E-state index in [1.807, 2.05) is 24.3 Å². The van der Waals surface area contributed by atoms with Crippen LogP contribution in [0.25, 0.3) is 0 Å². The molecule has 3 N–H and O–H groups in total. The van der Waals surface area contributed by atoms with Gasteiger partial charge in [-0.05, 0) is 29.3 Å². The second kappa shape index (κ2) is 13.0. The first-order valence-electron chi connectivity index (χ1n) is 8.71. The van der Waals surface area contributed by atoms with Crippen molar-refractivity contribution in [2.24, 2.45) is 4.99 Å².